The fourth-order valence-electron chi connectivity index (χ4n) is 2.19. The molecule has 0 spiro atoms. The standard InChI is InChI=1S/C15H21N3O3/c1-3-21-15(20)18-11-5-4-10-17(18)14(19)16-13-8-6-12(2)7-9-13/h6-9H,3-5,10-11H2,1-2H3,(H,16,19). The van der Waals surface area contributed by atoms with E-state index in [0.29, 0.717) is 25.4 Å². The maximum atomic E-state index is 12.3. The second-order valence-corrected chi connectivity index (χ2v) is 4.95. The van der Waals surface area contributed by atoms with Crippen molar-refractivity contribution in [3.8, 4) is 0 Å². The predicted octanol–water partition coefficient (Wildman–Crippen LogP) is 3.00. The number of nitrogens with zero attached hydrogens (tertiary/aromatic N) is 2. The highest BCUT2D eigenvalue weighted by Crippen LogP contribution is 2.15. The van der Waals surface area contributed by atoms with E-state index < -0.39 is 6.09 Å². The molecule has 1 aliphatic rings. The van der Waals surface area contributed by atoms with Gasteiger partial charge in [-0.25, -0.2) is 19.6 Å². The number of benzene rings is 1. The molecule has 1 saturated heterocycles. The molecule has 1 aromatic carbocycles. The highest BCUT2D eigenvalue weighted by atomic mass is 16.6. The Kier molecular flexibility index (Phi) is 5.03. The van der Waals surface area contributed by atoms with Crippen molar-refractivity contribution in [2.45, 2.75) is 26.7 Å². The van der Waals surface area contributed by atoms with Crippen LogP contribution in [-0.4, -0.2) is 41.8 Å². The zero-order chi connectivity index (χ0) is 15.2. The molecule has 1 N–H and O–H groups in total. The van der Waals surface area contributed by atoms with Gasteiger partial charge in [0.05, 0.1) is 6.61 Å². The van der Waals surface area contributed by atoms with Crippen molar-refractivity contribution in [1.29, 1.82) is 0 Å². The minimum absolute atomic E-state index is 0.294. The molecule has 2 rings (SSSR count). The maximum Gasteiger partial charge on any atom is 0.428 e. The Morgan fingerprint density at radius 3 is 2.38 bits per heavy atom. The number of urea groups is 1. The van der Waals surface area contributed by atoms with Gasteiger partial charge in [0.1, 0.15) is 0 Å². The second-order valence-electron chi connectivity index (χ2n) is 4.95. The third-order valence-electron chi connectivity index (χ3n) is 3.30. The number of rotatable bonds is 2. The summed E-state index contributed by atoms with van der Waals surface area (Å²) in [6.07, 6.45) is 1.26. The fraction of sp³-hybridized carbons (Fsp3) is 0.467. The molecule has 0 aliphatic carbocycles. The van der Waals surface area contributed by atoms with Gasteiger partial charge in [-0.2, -0.15) is 0 Å². The van der Waals surface area contributed by atoms with Gasteiger partial charge >= 0.3 is 12.1 Å². The average molecular weight is 291 g/mol. The number of ether oxygens (including phenoxy) is 1. The van der Waals surface area contributed by atoms with Gasteiger partial charge in [-0.15, -0.1) is 0 Å². The number of hydrazine groups is 1. The molecular formula is C15H21N3O3. The van der Waals surface area contributed by atoms with Gasteiger partial charge in [-0.05, 0) is 38.8 Å². The summed E-state index contributed by atoms with van der Waals surface area (Å²) in [5.41, 5.74) is 1.83. The molecule has 1 aromatic rings. The van der Waals surface area contributed by atoms with E-state index in [9.17, 15) is 9.59 Å². The second kappa shape index (κ2) is 6.97. The average Bonchev–Trinajstić information content (AvgIpc) is 2.50. The number of carbonyl (C=O) groups is 2. The van der Waals surface area contributed by atoms with Crippen molar-refractivity contribution >= 4 is 17.8 Å². The predicted molar refractivity (Wildman–Crippen MR) is 79.9 cm³/mol. The summed E-state index contributed by atoms with van der Waals surface area (Å²) in [4.78, 5) is 24.2. The van der Waals surface area contributed by atoms with Crippen LogP contribution in [0.15, 0.2) is 24.3 Å². The zero-order valence-corrected chi connectivity index (χ0v) is 12.5. The molecule has 1 heterocycles. The summed E-state index contributed by atoms with van der Waals surface area (Å²) in [5.74, 6) is 0. The van der Waals surface area contributed by atoms with Crippen LogP contribution in [0, 0.1) is 6.92 Å². The molecule has 21 heavy (non-hydrogen) atoms. The molecule has 0 saturated carbocycles. The van der Waals surface area contributed by atoms with Crippen molar-refractivity contribution in [2.24, 2.45) is 0 Å². The van der Waals surface area contributed by atoms with Crippen LogP contribution in [0.2, 0.25) is 0 Å². The summed E-state index contributed by atoms with van der Waals surface area (Å²) in [6, 6.07) is 7.22. The summed E-state index contributed by atoms with van der Waals surface area (Å²) in [6.45, 7) is 5.04. The van der Waals surface area contributed by atoms with Gasteiger partial charge in [0.25, 0.3) is 0 Å². The van der Waals surface area contributed by atoms with Crippen LogP contribution in [0.5, 0.6) is 0 Å². The molecule has 0 unspecified atom stereocenters. The van der Waals surface area contributed by atoms with E-state index in [1.807, 2.05) is 31.2 Å². The van der Waals surface area contributed by atoms with E-state index in [0.717, 1.165) is 18.4 Å². The molecule has 1 aliphatic heterocycles. The number of hydrogen-bond donors (Lipinski definition) is 1. The van der Waals surface area contributed by atoms with Crippen LogP contribution in [-0.2, 0) is 4.74 Å². The topological polar surface area (TPSA) is 61.9 Å². The monoisotopic (exact) mass is 291 g/mol. The third-order valence-corrected chi connectivity index (χ3v) is 3.30. The van der Waals surface area contributed by atoms with Crippen molar-refractivity contribution in [3.63, 3.8) is 0 Å². The van der Waals surface area contributed by atoms with Crippen molar-refractivity contribution < 1.29 is 14.3 Å². The molecule has 0 aromatic heterocycles. The molecule has 1 fully saturated rings. The van der Waals surface area contributed by atoms with Crippen molar-refractivity contribution in [2.75, 3.05) is 25.0 Å². The van der Waals surface area contributed by atoms with E-state index in [4.69, 9.17) is 4.74 Å². The van der Waals surface area contributed by atoms with E-state index in [-0.39, 0.29) is 6.03 Å². The molecule has 114 valence electrons. The molecule has 6 nitrogen and oxygen atoms in total. The van der Waals surface area contributed by atoms with Gasteiger partial charge in [-0.3, -0.25) is 0 Å². The minimum atomic E-state index is -0.476. The highest BCUT2D eigenvalue weighted by molar-refractivity contribution is 5.90. The van der Waals surface area contributed by atoms with Gasteiger partial charge in [0, 0.05) is 18.8 Å². The number of anilines is 1. The van der Waals surface area contributed by atoms with Gasteiger partial charge in [0.15, 0.2) is 0 Å². The lowest BCUT2D eigenvalue weighted by Gasteiger charge is -2.37. The summed E-state index contributed by atoms with van der Waals surface area (Å²) in [7, 11) is 0. The van der Waals surface area contributed by atoms with E-state index in [1.165, 1.54) is 10.0 Å². The van der Waals surface area contributed by atoms with Gasteiger partial charge in [-0.1, -0.05) is 17.7 Å². The maximum absolute atomic E-state index is 12.3. The van der Waals surface area contributed by atoms with E-state index in [1.54, 1.807) is 6.92 Å². The van der Waals surface area contributed by atoms with Crippen LogP contribution >= 0.6 is 0 Å². The van der Waals surface area contributed by atoms with Crippen LogP contribution in [0.4, 0.5) is 15.3 Å². The van der Waals surface area contributed by atoms with Crippen LogP contribution < -0.4 is 5.32 Å². The SMILES string of the molecule is CCOC(=O)N1CCCCN1C(=O)Nc1ccc(C)cc1. The van der Waals surface area contributed by atoms with Crippen molar-refractivity contribution in [3.05, 3.63) is 29.8 Å². The Hall–Kier alpha value is -2.24. The molecule has 0 radical (unpaired) electrons. The number of nitrogens with one attached hydrogen (secondary N) is 1. The molecule has 0 atom stereocenters. The first-order valence-corrected chi connectivity index (χ1v) is 7.21. The van der Waals surface area contributed by atoms with Crippen molar-refractivity contribution in [1.82, 2.24) is 10.0 Å². The smallest absolute Gasteiger partial charge is 0.428 e. The molecule has 3 amide bonds. The quantitative estimate of drug-likeness (QED) is 0.911. The summed E-state index contributed by atoms with van der Waals surface area (Å²) >= 11 is 0. The summed E-state index contributed by atoms with van der Waals surface area (Å²) < 4.78 is 4.99. The fourth-order valence-corrected chi connectivity index (χ4v) is 2.19. The normalized spacial score (nSPS) is 14.8. The van der Waals surface area contributed by atoms with Crippen LogP contribution in [0.3, 0.4) is 0 Å². The Bertz CT molecular complexity index is 501. The first-order chi connectivity index (χ1) is 10.1. The highest BCUT2D eigenvalue weighted by Gasteiger charge is 2.29. The first kappa shape index (κ1) is 15.2. The third kappa shape index (κ3) is 3.87. The molecule has 6 heteroatoms. The van der Waals surface area contributed by atoms with Gasteiger partial charge < -0.3 is 10.1 Å². The lowest BCUT2D eigenvalue weighted by atomic mass is 10.2. The number of hydrogen-bond acceptors (Lipinski definition) is 3. The molecule has 0 bridgehead atoms. The summed E-state index contributed by atoms with van der Waals surface area (Å²) in [5, 5.41) is 5.59. The lowest BCUT2D eigenvalue weighted by Crippen LogP contribution is -2.54. The molecular weight excluding hydrogens is 270 g/mol. The first-order valence-electron chi connectivity index (χ1n) is 7.21. The zero-order valence-electron chi connectivity index (χ0n) is 12.5. The Morgan fingerprint density at radius 2 is 1.76 bits per heavy atom. The number of carbonyl (C=O) groups excluding carboxylic acids is 2. The van der Waals surface area contributed by atoms with E-state index in [2.05, 4.69) is 5.32 Å². The lowest BCUT2D eigenvalue weighted by molar-refractivity contribution is -0.00724. The van der Waals surface area contributed by atoms with Crippen LogP contribution in [0.25, 0.3) is 0 Å². The Labute approximate surface area is 124 Å². The Balaban J connectivity index is 2.04. The Morgan fingerprint density at radius 1 is 1.14 bits per heavy atom. The number of amides is 3. The largest absolute Gasteiger partial charge is 0.448 e. The van der Waals surface area contributed by atoms with Gasteiger partial charge in [0.2, 0.25) is 0 Å². The van der Waals surface area contributed by atoms with Crippen LogP contribution in [0.1, 0.15) is 25.3 Å². The minimum Gasteiger partial charge on any atom is -0.448 e. The van der Waals surface area contributed by atoms with E-state index >= 15 is 0 Å². The number of aryl methyl sites for hydroxylation is 1.